The van der Waals surface area contributed by atoms with Gasteiger partial charge < -0.3 is 15.6 Å². The zero-order valence-corrected chi connectivity index (χ0v) is 10.3. The van der Waals surface area contributed by atoms with Crippen LogP contribution in [0.3, 0.4) is 0 Å². The van der Waals surface area contributed by atoms with Crippen molar-refractivity contribution in [2.75, 3.05) is 20.6 Å². The monoisotopic (exact) mass is 237 g/mol. The zero-order chi connectivity index (χ0) is 11.7. The first-order chi connectivity index (χ1) is 7.65. The van der Waals surface area contributed by atoms with Crippen LogP contribution >= 0.6 is 11.6 Å². The van der Waals surface area contributed by atoms with Crippen molar-refractivity contribution in [2.45, 2.75) is 6.04 Å². The maximum atomic E-state index is 6.12. The largest absolute Gasteiger partial charge is 0.360 e. The van der Waals surface area contributed by atoms with Gasteiger partial charge >= 0.3 is 0 Å². The lowest BCUT2D eigenvalue weighted by atomic mass is 10.1. The molecule has 2 aromatic rings. The Balaban J connectivity index is 2.57. The van der Waals surface area contributed by atoms with Gasteiger partial charge in [-0.2, -0.15) is 0 Å². The van der Waals surface area contributed by atoms with Crippen LogP contribution in [0.25, 0.3) is 10.9 Å². The van der Waals surface area contributed by atoms with E-state index in [4.69, 9.17) is 17.3 Å². The van der Waals surface area contributed by atoms with Crippen LogP contribution in [0.5, 0.6) is 0 Å². The van der Waals surface area contributed by atoms with Crippen LogP contribution in [-0.2, 0) is 0 Å². The summed E-state index contributed by atoms with van der Waals surface area (Å²) in [5.74, 6) is 0. The van der Waals surface area contributed by atoms with Crippen LogP contribution in [0, 0.1) is 0 Å². The van der Waals surface area contributed by atoms with Gasteiger partial charge in [0.25, 0.3) is 0 Å². The molecule has 0 aliphatic heterocycles. The summed E-state index contributed by atoms with van der Waals surface area (Å²) in [6.45, 7) is 0.590. The van der Waals surface area contributed by atoms with Crippen LogP contribution in [0.2, 0.25) is 5.02 Å². The summed E-state index contributed by atoms with van der Waals surface area (Å²) in [6.07, 6.45) is 1.99. The van der Waals surface area contributed by atoms with E-state index >= 15 is 0 Å². The van der Waals surface area contributed by atoms with Gasteiger partial charge in [0.05, 0.1) is 10.5 Å². The number of para-hydroxylation sites is 1. The second kappa shape index (κ2) is 4.45. The summed E-state index contributed by atoms with van der Waals surface area (Å²) < 4.78 is 0. The van der Waals surface area contributed by atoms with Gasteiger partial charge in [0.2, 0.25) is 0 Å². The zero-order valence-electron chi connectivity index (χ0n) is 9.50. The molecule has 2 rings (SSSR count). The fraction of sp³-hybridized carbons (Fsp3) is 0.333. The number of halogens is 1. The Morgan fingerprint density at radius 2 is 2.19 bits per heavy atom. The minimum absolute atomic E-state index is 0.215. The second-order valence-corrected chi connectivity index (χ2v) is 4.53. The van der Waals surface area contributed by atoms with Crippen molar-refractivity contribution in [3.63, 3.8) is 0 Å². The van der Waals surface area contributed by atoms with Gasteiger partial charge in [0.15, 0.2) is 0 Å². The average Bonchev–Trinajstić information content (AvgIpc) is 2.64. The van der Waals surface area contributed by atoms with Crippen LogP contribution in [0.1, 0.15) is 11.6 Å². The van der Waals surface area contributed by atoms with E-state index in [1.165, 1.54) is 5.56 Å². The molecule has 0 aliphatic rings. The molecule has 3 N–H and O–H groups in total. The molecular formula is C12H16ClN3. The van der Waals surface area contributed by atoms with Gasteiger partial charge in [-0.05, 0) is 25.7 Å². The van der Waals surface area contributed by atoms with Crippen molar-refractivity contribution in [2.24, 2.45) is 5.73 Å². The van der Waals surface area contributed by atoms with Crippen LogP contribution < -0.4 is 5.73 Å². The highest BCUT2D eigenvalue weighted by molar-refractivity contribution is 6.35. The number of H-pyrrole nitrogens is 1. The third-order valence-corrected chi connectivity index (χ3v) is 3.22. The molecule has 4 heteroatoms. The van der Waals surface area contributed by atoms with Crippen molar-refractivity contribution in [3.8, 4) is 0 Å². The number of nitrogens with one attached hydrogen (secondary N) is 1. The van der Waals surface area contributed by atoms with E-state index in [2.05, 4.69) is 16.0 Å². The number of benzene rings is 1. The van der Waals surface area contributed by atoms with Crippen LogP contribution in [0.4, 0.5) is 0 Å². The van der Waals surface area contributed by atoms with Gasteiger partial charge in [-0.25, -0.2) is 0 Å². The molecule has 0 saturated heterocycles. The first kappa shape index (κ1) is 11.5. The molecule has 0 saturated carbocycles. The molecule has 0 aliphatic carbocycles. The van der Waals surface area contributed by atoms with Crippen LogP contribution in [0.15, 0.2) is 24.4 Å². The molecule has 86 valence electrons. The maximum Gasteiger partial charge on any atom is 0.0647 e. The molecule has 0 radical (unpaired) electrons. The molecule has 0 bridgehead atoms. The van der Waals surface area contributed by atoms with Gasteiger partial charge in [-0.1, -0.05) is 23.7 Å². The van der Waals surface area contributed by atoms with E-state index in [1.54, 1.807) is 0 Å². The molecule has 0 amide bonds. The Morgan fingerprint density at radius 1 is 1.44 bits per heavy atom. The minimum atomic E-state index is 0.215. The molecule has 1 aromatic heterocycles. The Bertz CT molecular complexity index is 490. The van der Waals surface area contributed by atoms with Crippen molar-refractivity contribution in [3.05, 3.63) is 35.0 Å². The summed E-state index contributed by atoms with van der Waals surface area (Å²) in [5, 5.41) is 1.90. The summed E-state index contributed by atoms with van der Waals surface area (Å²) in [6, 6.07) is 6.13. The summed E-state index contributed by atoms with van der Waals surface area (Å²) in [5.41, 5.74) is 7.99. The van der Waals surface area contributed by atoms with E-state index in [9.17, 15) is 0 Å². The number of fused-ring (bicyclic) bond motifs is 1. The van der Waals surface area contributed by atoms with Crippen molar-refractivity contribution in [1.29, 1.82) is 0 Å². The van der Waals surface area contributed by atoms with E-state index in [0.29, 0.717) is 6.54 Å². The Kier molecular flexibility index (Phi) is 3.19. The summed E-state index contributed by atoms with van der Waals surface area (Å²) >= 11 is 6.12. The van der Waals surface area contributed by atoms with Crippen molar-refractivity contribution < 1.29 is 0 Å². The lowest BCUT2D eigenvalue weighted by Gasteiger charge is -2.22. The number of nitrogens with two attached hydrogens (primary N) is 1. The van der Waals surface area contributed by atoms with Gasteiger partial charge in [-0.15, -0.1) is 0 Å². The number of likely N-dealkylation sites (N-methyl/N-ethyl adjacent to an activating group) is 1. The predicted molar refractivity (Wildman–Crippen MR) is 68.8 cm³/mol. The molecule has 0 unspecified atom stereocenters. The van der Waals surface area contributed by atoms with Gasteiger partial charge in [-0.3, -0.25) is 0 Å². The normalized spacial score (nSPS) is 13.6. The summed E-state index contributed by atoms with van der Waals surface area (Å²) in [4.78, 5) is 5.33. The highest BCUT2D eigenvalue weighted by Gasteiger charge is 2.16. The first-order valence-corrected chi connectivity index (χ1v) is 5.65. The third kappa shape index (κ3) is 1.82. The van der Waals surface area contributed by atoms with Gasteiger partial charge in [0, 0.05) is 24.2 Å². The molecule has 3 nitrogen and oxygen atoms in total. The molecule has 0 spiro atoms. The van der Waals surface area contributed by atoms with E-state index in [1.807, 2.05) is 32.4 Å². The molecule has 1 aromatic carbocycles. The number of hydrogen-bond donors (Lipinski definition) is 2. The molecule has 0 fully saturated rings. The maximum absolute atomic E-state index is 6.12. The number of hydrogen-bond acceptors (Lipinski definition) is 2. The Labute approximate surface area is 100 Å². The molecule has 1 heterocycles. The van der Waals surface area contributed by atoms with E-state index in [0.717, 1.165) is 15.9 Å². The SMILES string of the molecule is CN(C)[C@@H](CN)c1c[nH]c2c(Cl)cccc12. The minimum Gasteiger partial charge on any atom is -0.360 e. The van der Waals surface area contributed by atoms with E-state index in [-0.39, 0.29) is 6.04 Å². The van der Waals surface area contributed by atoms with Crippen molar-refractivity contribution in [1.82, 2.24) is 9.88 Å². The third-order valence-electron chi connectivity index (χ3n) is 2.90. The fourth-order valence-electron chi connectivity index (χ4n) is 2.03. The molecule has 1 atom stereocenters. The second-order valence-electron chi connectivity index (χ2n) is 4.12. The Morgan fingerprint density at radius 3 is 2.81 bits per heavy atom. The quantitative estimate of drug-likeness (QED) is 0.861. The Hall–Kier alpha value is -1.03. The topological polar surface area (TPSA) is 45.0 Å². The highest BCUT2D eigenvalue weighted by Crippen LogP contribution is 2.30. The van der Waals surface area contributed by atoms with Gasteiger partial charge in [0.1, 0.15) is 0 Å². The lowest BCUT2D eigenvalue weighted by molar-refractivity contribution is 0.308. The van der Waals surface area contributed by atoms with Crippen molar-refractivity contribution >= 4 is 22.5 Å². The number of aromatic nitrogens is 1. The van der Waals surface area contributed by atoms with Crippen LogP contribution in [-0.4, -0.2) is 30.5 Å². The molecular weight excluding hydrogens is 222 g/mol. The standard InChI is InChI=1S/C12H16ClN3/c1-16(2)11(6-14)9-7-15-12-8(9)4-3-5-10(12)13/h3-5,7,11,15H,6,14H2,1-2H3/t11-/m0/s1. The summed E-state index contributed by atoms with van der Waals surface area (Å²) in [7, 11) is 4.06. The predicted octanol–water partition coefficient (Wildman–Crippen LogP) is 2.38. The first-order valence-electron chi connectivity index (χ1n) is 5.27. The number of nitrogens with zero attached hydrogens (tertiary/aromatic N) is 1. The highest BCUT2D eigenvalue weighted by atomic mass is 35.5. The molecule has 16 heavy (non-hydrogen) atoms. The lowest BCUT2D eigenvalue weighted by Crippen LogP contribution is -2.26. The average molecular weight is 238 g/mol. The fourth-order valence-corrected chi connectivity index (χ4v) is 2.26. The number of rotatable bonds is 3. The van der Waals surface area contributed by atoms with E-state index < -0.39 is 0 Å². The smallest absolute Gasteiger partial charge is 0.0647 e. The number of aromatic amines is 1.